The second-order valence-electron chi connectivity index (χ2n) is 3.80. The number of nitrogens with zero attached hydrogens (tertiary/aromatic N) is 2. The quantitative estimate of drug-likeness (QED) is 0.831. The molecule has 1 heterocycles. The van der Waals surface area contributed by atoms with E-state index in [2.05, 4.69) is 10.3 Å². The summed E-state index contributed by atoms with van der Waals surface area (Å²) in [5.41, 5.74) is 7.15. The van der Waals surface area contributed by atoms with Crippen molar-refractivity contribution >= 4 is 11.6 Å². The van der Waals surface area contributed by atoms with Crippen molar-refractivity contribution in [3.8, 4) is 5.69 Å². The van der Waals surface area contributed by atoms with Crippen LogP contribution >= 0.6 is 0 Å². The second-order valence-corrected chi connectivity index (χ2v) is 3.80. The number of aromatic nitrogens is 2. The molecule has 1 atom stereocenters. The molecule has 0 aliphatic carbocycles. The summed E-state index contributed by atoms with van der Waals surface area (Å²) in [6.07, 6.45) is 5.24. The number of hydrogen-bond acceptors (Lipinski definition) is 3. The van der Waals surface area contributed by atoms with Crippen molar-refractivity contribution in [3.63, 3.8) is 0 Å². The highest BCUT2D eigenvalue weighted by Gasteiger charge is 2.07. The number of nitrogens with one attached hydrogen (secondary N) is 1. The fourth-order valence-corrected chi connectivity index (χ4v) is 1.41. The summed E-state index contributed by atoms with van der Waals surface area (Å²) in [5, 5.41) is 2.75. The van der Waals surface area contributed by atoms with Crippen LogP contribution in [0.5, 0.6) is 0 Å². The van der Waals surface area contributed by atoms with Crippen molar-refractivity contribution in [2.24, 2.45) is 5.73 Å². The molecule has 2 rings (SSSR count). The van der Waals surface area contributed by atoms with Gasteiger partial charge in [0.15, 0.2) is 0 Å². The molecule has 0 saturated heterocycles. The lowest BCUT2D eigenvalue weighted by Crippen LogP contribution is -2.32. The molecule has 0 spiro atoms. The van der Waals surface area contributed by atoms with E-state index in [0.717, 1.165) is 11.4 Å². The Morgan fingerprint density at radius 3 is 3.00 bits per heavy atom. The molecule has 88 valence electrons. The molecule has 1 aromatic heterocycles. The van der Waals surface area contributed by atoms with Crippen molar-refractivity contribution in [3.05, 3.63) is 43.0 Å². The minimum atomic E-state index is -0.521. The summed E-state index contributed by atoms with van der Waals surface area (Å²) < 4.78 is 1.86. The first-order valence-corrected chi connectivity index (χ1v) is 5.31. The Balaban J connectivity index is 2.20. The maximum atomic E-state index is 11.5. The van der Waals surface area contributed by atoms with Crippen molar-refractivity contribution in [2.45, 2.75) is 13.0 Å². The van der Waals surface area contributed by atoms with Gasteiger partial charge in [-0.15, -0.1) is 0 Å². The van der Waals surface area contributed by atoms with E-state index in [-0.39, 0.29) is 5.91 Å². The van der Waals surface area contributed by atoms with Crippen LogP contribution in [0.25, 0.3) is 5.69 Å². The standard InChI is InChI=1S/C12H14N4O/c1-9(13)12(17)15-10-3-2-4-11(7-10)16-6-5-14-8-16/h2-9H,13H2,1H3,(H,15,17). The highest BCUT2D eigenvalue weighted by Crippen LogP contribution is 2.14. The van der Waals surface area contributed by atoms with Crippen LogP contribution in [0.1, 0.15) is 6.92 Å². The third-order valence-corrected chi connectivity index (χ3v) is 2.33. The van der Waals surface area contributed by atoms with E-state index in [0.29, 0.717) is 0 Å². The zero-order valence-corrected chi connectivity index (χ0v) is 9.50. The first kappa shape index (κ1) is 11.3. The third kappa shape index (κ3) is 2.70. The molecular formula is C12H14N4O. The number of carbonyl (C=O) groups excluding carboxylic acids is 1. The zero-order valence-electron chi connectivity index (χ0n) is 9.50. The van der Waals surface area contributed by atoms with Gasteiger partial charge in [-0.3, -0.25) is 4.79 Å². The van der Waals surface area contributed by atoms with Crippen LogP contribution in [0.4, 0.5) is 5.69 Å². The summed E-state index contributed by atoms with van der Waals surface area (Å²) in [7, 11) is 0. The van der Waals surface area contributed by atoms with Gasteiger partial charge in [0.25, 0.3) is 0 Å². The average Bonchev–Trinajstić information content (AvgIpc) is 2.82. The molecule has 0 aliphatic heterocycles. The lowest BCUT2D eigenvalue weighted by molar-refractivity contribution is -0.117. The lowest BCUT2D eigenvalue weighted by Gasteiger charge is -2.09. The molecule has 17 heavy (non-hydrogen) atoms. The van der Waals surface area contributed by atoms with Crippen LogP contribution in [-0.4, -0.2) is 21.5 Å². The lowest BCUT2D eigenvalue weighted by atomic mass is 10.2. The van der Waals surface area contributed by atoms with E-state index in [1.807, 2.05) is 35.0 Å². The average molecular weight is 230 g/mol. The van der Waals surface area contributed by atoms with E-state index >= 15 is 0 Å². The van der Waals surface area contributed by atoms with Crippen molar-refractivity contribution in [1.82, 2.24) is 9.55 Å². The minimum Gasteiger partial charge on any atom is -0.325 e. The Bertz CT molecular complexity index is 505. The number of hydrogen-bond donors (Lipinski definition) is 2. The van der Waals surface area contributed by atoms with E-state index in [9.17, 15) is 4.79 Å². The predicted molar refractivity (Wildman–Crippen MR) is 65.8 cm³/mol. The highest BCUT2D eigenvalue weighted by atomic mass is 16.2. The molecule has 0 bridgehead atoms. The molecule has 0 fully saturated rings. The molecule has 0 radical (unpaired) electrons. The van der Waals surface area contributed by atoms with Crippen molar-refractivity contribution < 1.29 is 4.79 Å². The SMILES string of the molecule is CC(N)C(=O)Nc1cccc(-n2ccnc2)c1. The molecule has 5 heteroatoms. The summed E-state index contributed by atoms with van der Waals surface area (Å²) in [6.45, 7) is 1.65. The molecule has 1 amide bonds. The molecule has 3 N–H and O–H groups in total. The Kier molecular flexibility index (Phi) is 3.20. The predicted octanol–water partition coefficient (Wildman–Crippen LogP) is 1.16. The molecule has 1 aromatic carbocycles. The van der Waals surface area contributed by atoms with E-state index < -0.39 is 6.04 Å². The highest BCUT2D eigenvalue weighted by molar-refractivity contribution is 5.94. The molecule has 5 nitrogen and oxygen atoms in total. The van der Waals surface area contributed by atoms with Crippen LogP contribution in [0.15, 0.2) is 43.0 Å². The van der Waals surface area contributed by atoms with Crippen molar-refractivity contribution in [2.75, 3.05) is 5.32 Å². The number of imidazole rings is 1. The third-order valence-electron chi connectivity index (χ3n) is 2.33. The number of amides is 1. The van der Waals surface area contributed by atoms with Crippen LogP contribution < -0.4 is 11.1 Å². The number of benzene rings is 1. The first-order valence-electron chi connectivity index (χ1n) is 5.31. The van der Waals surface area contributed by atoms with E-state index in [1.165, 1.54) is 0 Å². The van der Waals surface area contributed by atoms with E-state index in [1.54, 1.807) is 19.4 Å². The van der Waals surface area contributed by atoms with Crippen LogP contribution in [0, 0.1) is 0 Å². The number of nitrogens with two attached hydrogens (primary N) is 1. The molecule has 0 aliphatic rings. The summed E-state index contributed by atoms with van der Waals surface area (Å²) >= 11 is 0. The Hall–Kier alpha value is -2.14. The second kappa shape index (κ2) is 4.80. The van der Waals surface area contributed by atoms with Gasteiger partial charge >= 0.3 is 0 Å². The monoisotopic (exact) mass is 230 g/mol. The van der Waals surface area contributed by atoms with Crippen LogP contribution in [-0.2, 0) is 4.79 Å². The first-order chi connectivity index (χ1) is 8.16. The normalized spacial score (nSPS) is 12.1. The molecule has 2 aromatic rings. The van der Waals surface area contributed by atoms with Crippen LogP contribution in [0.2, 0.25) is 0 Å². The Morgan fingerprint density at radius 2 is 2.35 bits per heavy atom. The summed E-state index contributed by atoms with van der Waals surface area (Å²) in [5.74, 6) is -0.201. The minimum absolute atomic E-state index is 0.201. The fourth-order valence-electron chi connectivity index (χ4n) is 1.41. The fraction of sp³-hybridized carbons (Fsp3) is 0.167. The van der Waals surface area contributed by atoms with Crippen LogP contribution in [0.3, 0.4) is 0 Å². The van der Waals surface area contributed by atoms with Crippen molar-refractivity contribution in [1.29, 1.82) is 0 Å². The smallest absolute Gasteiger partial charge is 0.240 e. The maximum absolute atomic E-state index is 11.5. The van der Waals surface area contributed by atoms with Gasteiger partial charge in [0.2, 0.25) is 5.91 Å². The Morgan fingerprint density at radius 1 is 1.53 bits per heavy atom. The van der Waals surface area contributed by atoms with Gasteiger partial charge in [0.05, 0.1) is 12.4 Å². The van der Waals surface area contributed by atoms with E-state index in [4.69, 9.17) is 5.73 Å². The van der Waals surface area contributed by atoms with Gasteiger partial charge in [0, 0.05) is 23.8 Å². The van der Waals surface area contributed by atoms with Gasteiger partial charge in [-0.05, 0) is 25.1 Å². The molecule has 1 unspecified atom stereocenters. The number of carbonyl (C=O) groups is 1. The summed E-state index contributed by atoms with van der Waals surface area (Å²) in [6, 6.07) is 6.96. The molecule has 0 saturated carbocycles. The Labute approximate surface area is 99.3 Å². The van der Waals surface area contributed by atoms with Gasteiger partial charge in [0.1, 0.15) is 0 Å². The van der Waals surface area contributed by atoms with Gasteiger partial charge in [-0.1, -0.05) is 6.07 Å². The molecular weight excluding hydrogens is 216 g/mol. The topological polar surface area (TPSA) is 72.9 Å². The van der Waals surface area contributed by atoms with Gasteiger partial charge in [-0.25, -0.2) is 4.98 Å². The number of rotatable bonds is 3. The maximum Gasteiger partial charge on any atom is 0.240 e. The number of anilines is 1. The van der Waals surface area contributed by atoms with Gasteiger partial charge < -0.3 is 15.6 Å². The summed E-state index contributed by atoms with van der Waals surface area (Å²) in [4.78, 5) is 15.4. The van der Waals surface area contributed by atoms with Gasteiger partial charge in [-0.2, -0.15) is 0 Å². The zero-order chi connectivity index (χ0) is 12.3. The largest absolute Gasteiger partial charge is 0.325 e.